The first-order valence-electron chi connectivity index (χ1n) is 9.35. The summed E-state index contributed by atoms with van der Waals surface area (Å²) in [6, 6.07) is 6.22. The minimum absolute atomic E-state index is 0.194. The van der Waals surface area contributed by atoms with Crippen molar-refractivity contribution >= 4 is 28.4 Å². The summed E-state index contributed by atoms with van der Waals surface area (Å²) in [5.41, 5.74) is 3.02. The van der Waals surface area contributed by atoms with Crippen molar-refractivity contribution in [1.29, 1.82) is 0 Å². The van der Waals surface area contributed by atoms with Gasteiger partial charge in [0.1, 0.15) is 0 Å². The molecule has 0 saturated carbocycles. The van der Waals surface area contributed by atoms with Crippen LogP contribution in [-0.2, 0) is 16.6 Å². The van der Waals surface area contributed by atoms with Crippen LogP contribution in [0.2, 0.25) is 0 Å². The molecule has 7 heteroatoms. The fourth-order valence-electron chi connectivity index (χ4n) is 4.12. The molecule has 2 fully saturated rings. The first-order chi connectivity index (χ1) is 12.6. The zero-order chi connectivity index (χ0) is 18.3. The minimum atomic E-state index is -0.358. The zero-order valence-corrected chi connectivity index (χ0v) is 15.4. The number of hydrogen-bond donors (Lipinski definition) is 1. The van der Waals surface area contributed by atoms with Crippen LogP contribution in [0.3, 0.4) is 0 Å². The smallest absolute Gasteiger partial charge is 0.235 e. The van der Waals surface area contributed by atoms with E-state index in [1.54, 1.807) is 0 Å². The fraction of sp³-hybridized carbons (Fsp3) is 0.526. The van der Waals surface area contributed by atoms with Crippen LogP contribution >= 0.6 is 0 Å². The zero-order valence-electron chi connectivity index (χ0n) is 15.4. The second-order valence-electron chi connectivity index (χ2n) is 7.11. The number of carbonyl (C=O) groups is 2. The molecule has 2 aromatic rings. The van der Waals surface area contributed by atoms with E-state index in [0.29, 0.717) is 12.8 Å². The number of rotatable bonds is 3. The molecule has 26 heavy (non-hydrogen) atoms. The standard InChI is InChI=1S/C19H25N5O2/c1-3-23-9-11-24(12-10-23)15-6-4-5-13-17(21-22(2)18(13)15)14-7-8-16(25)20-19(14)26/h4-6,14H,3,7-12H2,1-2H3,(H,20,25,26). The van der Waals surface area contributed by atoms with Crippen molar-refractivity contribution in [1.82, 2.24) is 20.0 Å². The van der Waals surface area contributed by atoms with Crippen molar-refractivity contribution in [3.8, 4) is 0 Å². The number of fused-ring (bicyclic) bond motifs is 1. The Morgan fingerprint density at radius 1 is 1.19 bits per heavy atom. The van der Waals surface area contributed by atoms with Crippen LogP contribution in [0.1, 0.15) is 31.4 Å². The topological polar surface area (TPSA) is 70.5 Å². The summed E-state index contributed by atoms with van der Waals surface area (Å²) in [5, 5.41) is 8.14. The lowest BCUT2D eigenvalue weighted by molar-refractivity contribution is -0.134. The van der Waals surface area contributed by atoms with Gasteiger partial charge in [0.15, 0.2) is 0 Å². The van der Waals surface area contributed by atoms with Gasteiger partial charge in [0.25, 0.3) is 0 Å². The number of amides is 2. The lowest BCUT2D eigenvalue weighted by atomic mass is 9.92. The van der Waals surface area contributed by atoms with Crippen LogP contribution in [0.15, 0.2) is 18.2 Å². The van der Waals surface area contributed by atoms with Gasteiger partial charge in [-0.2, -0.15) is 5.10 Å². The number of nitrogens with one attached hydrogen (secondary N) is 1. The first kappa shape index (κ1) is 17.0. The number of para-hydroxylation sites is 1. The molecular formula is C19H25N5O2. The van der Waals surface area contributed by atoms with E-state index in [4.69, 9.17) is 0 Å². The predicted molar refractivity (Wildman–Crippen MR) is 100 cm³/mol. The van der Waals surface area contributed by atoms with E-state index in [1.165, 1.54) is 5.69 Å². The third-order valence-corrected chi connectivity index (χ3v) is 5.60. The Labute approximate surface area is 152 Å². The summed E-state index contributed by atoms with van der Waals surface area (Å²) in [7, 11) is 1.93. The number of piperidine rings is 1. The molecule has 0 bridgehead atoms. The molecule has 2 aliphatic rings. The molecule has 2 saturated heterocycles. The third kappa shape index (κ3) is 2.86. The Balaban J connectivity index is 1.71. The molecule has 1 aromatic heterocycles. The maximum absolute atomic E-state index is 12.3. The van der Waals surface area contributed by atoms with Crippen LogP contribution in [0.5, 0.6) is 0 Å². The predicted octanol–water partition coefficient (Wildman–Crippen LogP) is 1.24. The van der Waals surface area contributed by atoms with Gasteiger partial charge < -0.3 is 9.80 Å². The maximum Gasteiger partial charge on any atom is 0.235 e. The summed E-state index contributed by atoms with van der Waals surface area (Å²) < 4.78 is 1.88. The molecule has 0 aliphatic carbocycles. The summed E-state index contributed by atoms with van der Waals surface area (Å²) in [6.07, 6.45) is 0.892. The van der Waals surface area contributed by atoms with Crippen LogP contribution in [0.4, 0.5) is 5.69 Å². The Morgan fingerprint density at radius 2 is 1.96 bits per heavy atom. The normalized spacial score (nSPS) is 22.1. The molecule has 1 aromatic carbocycles. The van der Waals surface area contributed by atoms with Crippen molar-refractivity contribution in [2.24, 2.45) is 7.05 Å². The van der Waals surface area contributed by atoms with Crippen molar-refractivity contribution in [2.45, 2.75) is 25.7 Å². The van der Waals surface area contributed by atoms with E-state index >= 15 is 0 Å². The SMILES string of the molecule is CCN1CCN(c2cccc3c(C4CCC(=O)NC4=O)nn(C)c23)CC1. The number of imide groups is 1. The Hall–Kier alpha value is -2.41. The highest BCUT2D eigenvalue weighted by Gasteiger charge is 2.32. The van der Waals surface area contributed by atoms with E-state index in [-0.39, 0.29) is 17.7 Å². The highest BCUT2D eigenvalue weighted by molar-refractivity contribution is 6.03. The molecule has 4 rings (SSSR count). The van der Waals surface area contributed by atoms with Crippen molar-refractivity contribution in [3.05, 3.63) is 23.9 Å². The molecule has 1 N–H and O–H groups in total. The van der Waals surface area contributed by atoms with Gasteiger partial charge in [-0.1, -0.05) is 19.1 Å². The second-order valence-corrected chi connectivity index (χ2v) is 7.11. The van der Waals surface area contributed by atoms with Crippen LogP contribution < -0.4 is 10.2 Å². The average Bonchev–Trinajstić information content (AvgIpc) is 2.99. The van der Waals surface area contributed by atoms with Crippen LogP contribution in [-0.4, -0.2) is 59.2 Å². The number of likely N-dealkylation sites (N-methyl/N-ethyl adjacent to an activating group) is 1. The van der Waals surface area contributed by atoms with Gasteiger partial charge in [0.05, 0.1) is 22.8 Å². The van der Waals surface area contributed by atoms with Gasteiger partial charge in [-0.05, 0) is 19.0 Å². The summed E-state index contributed by atoms with van der Waals surface area (Å²) >= 11 is 0. The largest absolute Gasteiger partial charge is 0.367 e. The monoisotopic (exact) mass is 355 g/mol. The van der Waals surface area contributed by atoms with Crippen molar-refractivity contribution in [2.75, 3.05) is 37.6 Å². The molecule has 1 unspecified atom stereocenters. The first-order valence-corrected chi connectivity index (χ1v) is 9.35. The highest BCUT2D eigenvalue weighted by atomic mass is 16.2. The quantitative estimate of drug-likeness (QED) is 0.839. The summed E-state index contributed by atoms with van der Waals surface area (Å²) in [4.78, 5) is 28.6. The lowest BCUT2D eigenvalue weighted by Gasteiger charge is -2.35. The van der Waals surface area contributed by atoms with Crippen molar-refractivity contribution in [3.63, 3.8) is 0 Å². The number of anilines is 1. The Bertz CT molecular complexity index is 851. The Kier molecular flexibility index (Phi) is 4.40. The molecule has 2 amide bonds. The van der Waals surface area contributed by atoms with Gasteiger partial charge >= 0.3 is 0 Å². The molecule has 1 atom stereocenters. The Morgan fingerprint density at radius 3 is 2.65 bits per heavy atom. The number of hydrogen-bond acceptors (Lipinski definition) is 5. The van der Waals surface area contributed by atoms with E-state index in [1.807, 2.05) is 23.9 Å². The number of aryl methyl sites for hydroxylation is 1. The molecule has 2 aliphatic heterocycles. The number of carbonyl (C=O) groups excluding carboxylic acids is 2. The number of aromatic nitrogens is 2. The van der Waals surface area contributed by atoms with Crippen molar-refractivity contribution < 1.29 is 9.59 Å². The number of piperazine rings is 1. The van der Waals surface area contributed by atoms with Crippen LogP contribution in [0.25, 0.3) is 10.9 Å². The average molecular weight is 355 g/mol. The second kappa shape index (κ2) is 6.72. The highest BCUT2D eigenvalue weighted by Crippen LogP contribution is 2.34. The van der Waals surface area contributed by atoms with E-state index in [0.717, 1.165) is 49.3 Å². The minimum Gasteiger partial charge on any atom is -0.367 e. The third-order valence-electron chi connectivity index (χ3n) is 5.60. The molecule has 138 valence electrons. The van der Waals surface area contributed by atoms with Gasteiger partial charge in [-0.3, -0.25) is 19.6 Å². The molecule has 7 nitrogen and oxygen atoms in total. The van der Waals surface area contributed by atoms with Gasteiger partial charge in [0, 0.05) is 45.0 Å². The number of nitrogens with zero attached hydrogens (tertiary/aromatic N) is 4. The van der Waals surface area contributed by atoms with E-state index in [9.17, 15) is 9.59 Å². The molecular weight excluding hydrogens is 330 g/mol. The molecule has 0 radical (unpaired) electrons. The molecule has 0 spiro atoms. The van der Waals surface area contributed by atoms with E-state index < -0.39 is 0 Å². The van der Waals surface area contributed by atoms with Gasteiger partial charge in [0.2, 0.25) is 11.8 Å². The fourth-order valence-corrected chi connectivity index (χ4v) is 4.12. The molecule has 3 heterocycles. The van der Waals surface area contributed by atoms with Gasteiger partial charge in [-0.25, -0.2) is 0 Å². The van der Waals surface area contributed by atoms with Gasteiger partial charge in [-0.15, -0.1) is 0 Å². The number of benzene rings is 1. The lowest BCUT2D eigenvalue weighted by Crippen LogP contribution is -2.46. The summed E-state index contributed by atoms with van der Waals surface area (Å²) in [5.74, 6) is -0.784. The summed E-state index contributed by atoms with van der Waals surface area (Å²) in [6.45, 7) is 7.39. The van der Waals surface area contributed by atoms with E-state index in [2.05, 4.69) is 33.2 Å². The maximum atomic E-state index is 12.3. The van der Waals surface area contributed by atoms with Crippen LogP contribution in [0, 0.1) is 0 Å².